The largest absolute Gasteiger partial charge is 0.508 e. The van der Waals surface area contributed by atoms with Gasteiger partial charge in [0.15, 0.2) is 0 Å². The predicted molar refractivity (Wildman–Crippen MR) is 45.4 cm³/mol. The highest BCUT2D eigenvalue weighted by molar-refractivity contribution is 5.42. The molecule has 0 saturated carbocycles. The van der Waals surface area contributed by atoms with Gasteiger partial charge in [-0.2, -0.15) is 5.26 Å². The molecule has 0 heterocycles. The smallest absolute Gasteiger partial charge is 0.120 e. The monoisotopic (exact) mass is 162 g/mol. The summed E-state index contributed by atoms with van der Waals surface area (Å²) in [6.07, 6.45) is 0. The van der Waals surface area contributed by atoms with Crippen LogP contribution in [0.4, 0.5) is 0 Å². The molecule has 3 heteroatoms. The molecule has 3 N–H and O–H groups in total. The SMILES string of the molecule is C[C@@H](N)c1cc(C#N)ccc1O. The second-order valence-electron chi connectivity index (χ2n) is 2.67. The minimum absolute atomic E-state index is 0.143. The van der Waals surface area contributed by atoms with Gasteiger partial charge in [0.2, 0.25) is 0 Å². The molecule has 3 nitrogen and oxygen atoms in total. The molecule has 0 spiro atoms. The Bertz CT molecular complexity index is 326. The molecular weight excluding hydrogens is 152 g/mol. The first-order valence-electron chi connectivity index (χ1n) is 3.63. The Balaban J connectivity index is 3.19. The van der Waals surface area contributed by atoms with Crippen molar-refractivity contribution < 1.29 is 5.11 Å². The third kappa shape index (κ3) is 1.55. The van der Waals surface area contributed by atoms with E-state index in [1.54, 1.807) is 19.1 Å². The first kappa shape index (κ1) is 8.57. The number of rotatable bonds is 1. The van der Waals surface area contributed by atoms with Crippen LogP contribution in [-0.4, -0.2) is 5.11 Å². The van der Waals surface area contributed by atoms with Gasteiger partial charge < -0.3 is 10.8 Å². The van der Waals surface area contributed by atoms with Crippen molar-refractivity contribution in [1.82, 2.24) is 0 Å². The van der Waals surface area contributed by atoms with Crippen molar-refractivity contribution in [1.29, 1.82) is 5.26 Å². The summed E-state index contributed by atoms with van der Waals surface area (Å²) in [7, 11) is 0. The molecule has 1 aromatic carbocycles. The lowest BCUT2D eigenvalue weighted by Crippen LogP contribution is -2.05. The van der Waals surface area contributed by atoms with Crippen LogP contribution in [0.3, 0.4) is 0 Å². The highest BCUT2D eigenvalue weighted by Crippen LogP contribution is 2.22. The summed E-state index contributed by atoms with van der Waals surface area (Å²) in [5, 5.41) is 17.9. The zero-order valence-corrected chi connectivity index (χ0v) is 6.78. The first-order chi connectivity index (χ1) is 5.65. The van der Waals surface area contributed by atoms with Crippen molar-refractivity contribution in [2.24, 2.45) is 5.73 Å². The number of hydrogen-bond donors (Lipinski definition) is 2. The van der Waals surface area contributed by atoms with Crippen molar-refractivity contribution in [2.45, 2.75) is 13.0 Å². The highest BCUT2D eigenvalue weighted by atomic mass is 16.3. The molecule has 0 aliphatic rings. The molecule has 0 fully saturated rings. The number of nitrogens with two attached hydrogens (primary N) is 1. The number of benzene rings is 1. The number of phenolic OH excluding ortho intramolecular Hbond substituents is 1. The molecular formula is C9H10N2O. The minimum Gasteiger partial charge on any atom is -0.508 e. The molecule has 0 bridgehead atoms. The fourth-order valence-electron chi connectivity index (χ4n) is 0.989. The van der Waals surface area contributed by atoms with Gasteiger partial charge in [0.1, 0.15) is 5.75 Å². The summed E-state index contributed by atoms with van der Waals surface area (Å²) < 4.78 is 0. The standard InChI is InChI=1S/C9H10N2O/c1-6(11)8-4-7(5-10)2-3-9(8)12/h2-4,6,12H,11H2,1H3/t6-/m1/s1. The van der Waals surface area contributed by atoms with Crippen molar-refractivity contribution in [2.75, 3.05) is 0 Å². The number of nitriles is 1. The maximum Gasteiger partial charge on any atom is 0.120 e. The zero-order chi connectivity index (χ0) is 9.14. The van der Waals surface area contributed by atoms with E-state index in [0.717, 1.165) is 0 Å². The molecule has 0 amide bonds. The molecule has 1 atom stereocenters. The molecule has 1 aromatic rings. The number of hydrogen-bond acceptors (Lipinski definition) is 3. The quantitative estimate of drug-likeness (QED) is 0.653. The van der Waals surface area contributed by atoms with Gasteiger partial charge in [-0.3, -0.25) is 0 Å². The van der Waals surface area contributed by atoms with Crippen molar-refractivity contribution in [3.05, 3.63) is 29.3 Å². The summed E-state index contributed by atoms with van der Waals surface area (Å²) in [4.78, 5) is 0. The maximum absolute atomic E-state index is 9.31. The molecule has 12 heavy (non-hydrogen) atoms. The van der Waals surface area contributed by atoms with Gasteiger partial charge in [0.05, 0.1) is 11.6 Å². The molecule has 0 radical (unpaired) electrons. The highest BCUT2D eigenvalue weighted by Gasteiger charge is 2.06. The molecule has 0 aromatic heterocycles. The van der Waals surface area contributed by atoms with E-state index in [4.69, 9.17) is 11.0 Å². The zero-order valence-electron chi connectivity index (χ0n) is 6.78. The Kier molecular flexibility index (Phi) is 2.32. The van der Waals surface area contributed by atoms with E-state index in [2.05, 4.69) is 0 Å². The van der Waals surface area contributed by atoms with Crippen LogP contribution in [0.1, 0.15) is 24.1 Å². The summed E-state index contributed by atoms with van der Waals surface area (Å²) in [6.45, 7) is 1.76. The van der Waals surface area contributed by atoms with Crippen LogP contribution in [0.5, 0.6) is 5.75 Å². The van der Waals surface area contributed by atoms with Crippen LogP contribution >= 0.6 is 0 Å². The van der Waals surface area contributed by atoms with Gasteiger partial charge in [-0.05, 0) is 25.1 Å². The number of nitrogens with zero attached hydrogens (tertiary/aromatic N) is 1. The predicted octanol–water partition coefficient (Wildman–Crippen LogP) is 1.28. The van der Waals surface area contributed by atoms with E-state index >= 15 is 0 Å². The third-order valence-electron chi connectivity index (χ3n) is 1.65. The average Bonchev–Trinajstić information content (AvgIpc) is 2.05. The lowest BCUT2D eigenvalue weighted by molar-refractivity contribution is 0.463. The van der Waals surface area contributed by atoms with E-state index in [0.29, 0.717) is 11.1 Å². The van der Waals surface area contributed by atoms with Crippen LogP contribution in [0, 0.1) is 11.3 Å². The van der Waals surface area contributed by atoms with E-state index in [1.807, 2.05) is 6.07 Å². The summed E-state index contributed by atoms with van der Waals surface area (Å²) in [5.74, 6) is 0.143. The summed E-state index contributed by atoms with van der Waals surface area (Å²) >= 11 is 0. The van der Waals surface area contributed by atoms with Crippen LogP contribution in [0.2, 0.25) is 0 Å². The van der Waals surface area contributed by atoms with Crippen LogP contribution in [0.25, 0.3) is 0 Å². The average molecular weight is 162 g/mol. The fourth-order valence-corrected chi connectivity index (χ4v) is 0.989. The fraction of sp³-hybridized carbons (Fsp3) is 0.222. The summed E-state index contributed by atoms with van der Waals surface area (Å²) in [5.41, 5.74) is 6.69. The van der Waals surface area contributed by atoms with Crippen LogP contribution < -0.4 is 5.73 Å². The maximum atomic E-state index is 9.31. The van der Waals surface area contributed by atoms with Gasteiger partial charge in [0, 0.05) is 11.6 Å². The molecule has 0 aliphatic carbocycles. The van der Waals surface area contributed by atoms with Crippen molar-refractivity contribution in [3.8, 4) is 11.8 Å². The molecule has 0 saturated heterocycles. The third-order valence-corrected chi connectivity index (χ3v) is 1.65. The van der Waals surface area contributed by atoms with Gasteiger partial charge >= 0.3 is 0 Å². The van der Waals surface area contributed by atoms with E-state index < -0.39 is 0 Å². The van der Waals surface area contributed by atoms with Crippen molar-refractivity contribution in [3.63, 3.8) is 0 Å². The Labute approximate surface area is 71.1 Å². The van der Waals surface area contributed by atoms with E-state index in [1.165, 1.54) is 6.07 Å². The van der Waals surface area contributed by atoms with Gasteiger partial charge in [-0.15, -0.1) is 0 Å². The normalized spacial score (nSPS) is 12.1. The Morgan fingerprint density at radius 3 is 2.75 bits per heavy atom. The molecule has 0 unspecified atom stereocenters. The topological polar surface area (TPSA) is 70.0 Å². The van der Waals surface area contributed by atoms with E-state index in [9.17, 15) is 5.11 Å². The van der Waals surface area contributed by atoms with Gasteiger partial charge in [0.25, 0.3) is 0 Å². The minimum atomic E-state index is -0.252. The van der Waals surface area contributed by atoms with Crippen molar-refractivity contribution >= 4 is 0 Å². The number of aromatic hydroxyl groups is 1. The van der Waals surface area contributed by atoms with Crippen LogP contribution in [-0.2, 0) is 0 Å². The summed E-state index contributed by atoms with van der Waals surface area (Å²) in [6, 6.07) is 6.37. The van der Waals surface area contributed by atoms with Crippen LogP contribution in [0.15, 0.2) is 18.2 Å². The Morgan fingerprint density at radius 2 is 2.25 bits per heavy atom. The Morgan fingerprint density at radius 1 is 1.58 bits per heavy atom. The Hall–Kier alpha value is -1.53. The molecule has 62 valence electrons. The lowest BCUT2D eigenvalue weighted by atomic mass is 10.1. The van der Waals surface area contributed by atoms with Gasteiger partial charge in [-0.1, -0.05) is 0 Å². The number of phenols is 1. The lowest BCUT2D eigenvalue weighted by Gasteiger charge is -2.07. The van der Waals surface area contributed by atoms with Gasteiger partial charge in [-0.25, -0.2) is 0 Å². The second-order valence-corrected chi connectivity index (χ2v) is 2.67. The molecule has 0 aliphatic heterocycles. The molecule has 1 rings (SSSR count). The first-order valence-corrected chi connectivity index (χ1v) is 3.63. The second kappa shape index (κ2) is 3.24. The van der Waals surface area contributed by atoms with E-state index in [-0.39, 0.29) is 11.8 Å².